The topological polar surface area (TPSA) is 77.8 Å². The van der Waals surface area contributed by atoms with Crippen molar-refractivity contribution in [3.05, 3.63) is 29.3 Å². The Hall–Kier alpha value is -0.950. The van der Waals surface area contributed by atoms with E-state index >= 15 is 0 Å². The molecule has 0 saturated heterocycles. The molecule has 0 saturated carbocycles. The van der Waals surface area contributed by atoms with Crippen LogP contribution in [0.25, 0.3) is 0 Å². The fourth-order valence-corrected chi connectivity index (χ4v) is 4.07. The highest BCUT2D eigenvalue weighted by atomic mass is 32.2. The van der Waals surface area contributed by atoms with E-state index in [0.29, 0.717) is 0 Å². The van der Waals surface area contributed by atoms with Crippen LogP contribution in [-0.2, 0) is 22.9 Å². The van der Waals surface area contributed by atoms with Crippen molar-refractivity contribution in [1.82, 2.24) is 4.31 Å². The van der Waals surface area contributed by atoms with Crippen molar-refractivity contribution in [3.8, 4) is 0 Å². The molecule has 0 fully saturated rings. The molecule has 0 spiro atoms. The van der Waals surface area contributed by atoms with Gasteiger partial charge in [-0.2, -0.15) is 4.31 Å². The molecule has 1 aromatic carbocycles. The van der Waals surface area contributed by atoms with Crippen molar-refractivity contribution in [1.29, 1.82) is 0 Å². The second-order valence-corrected chi connectivity index (χ2v) is 6.93. The Morgan fingerprint density at radius 1 is 1.00 bits per heavy atom. The van der Waals surface area contributed by atoms with Gasteiger partial charge >= 0.3 is 0 Å². The average Bonchev–Trinajstić information content (AvgIpc) is 2.46. The van der Waals surface area contributed by atoms with E-state index in [4.69, 9.17) is 10.2 Å². The Labute approximate surface area is 119 Å². The van der Waals surface area contributed by atoms with Gasteiger partial charge in [-0.05, 0) is 48.9 Å². The fraction of sp³-hybridized carbons (Fsp3) is 0.571. The molecule has 1 aromatic rings. The van der Waals surface area contributed by atoms with E-state index in [1.807, 2.05) is 6.07 Å². The summed E-state index contributed by atoms with van der Waals surface area (Å²) in [4.78, 5) is 0.250. The average molecular weight is 299 g/mol. The van der Waals surface area contributed by atoms with Gasteiger partial charge in [-0.1, -0.05) is 6.07 Å². The van der Waals surface area contributed by atoms with Gasteiger partial charge in [0.2, 0.25) is 10.0 Å². The standard InChI is InChI=1S/C14H21NO4S/c16-9-7-15(8-10-17)20(18,19)14-6-5-12-3-1-2-4-13(12)11-14/h5-6,11,16-17H,1-4,7-10H2. The predicted octanol–water partition coefficient (Wildman–Crippen LogP) is 0.541. The van der Waals surface area contributed by atoms with Gasteiger partial charge in [-0.25, -0.2) is 8.42 Å². The number of aliphatic hydroxyl groups is 2. The van der Waals surface area contributed by atoms with Gasteiger partial charge < -0.3 is 10.2 Å². The van der Waals surface area contributed by atoms with E-state index in [-0.39, 0.29) is 31.2 Å². The highest BCUT2D eigenvalue weighted by molar-refractivity contribution is 7.89. The number of fused-ring (bicyclic) bond motifs is 1. The van der Waals surface area contributed by atoms with Crippen molar-refractivity contribution < 1.29 is 18.6 Å². The first-order valence-electron chi connectivity index (χ1n) is 6.93. The van der Waals surface area contributed by atoms with Gasteiger partial charge in [0.25, 0.3) is 0 Å². The van der Waals surface area contributed by atoms with Crippen molar-refractivity contribution in [2.45, 2.75) is 30.6 Å². The highest BCUT2D eigenvalue weighted by Gasteiger charge is 2.24. The number of aryl methyl sites for hydroxylation is 2. The van der Waals surface area contributed by atoms with Crippen molar-refractivity contribution in [2.75, 3.05) is 26.3 Å². The molecular weight excluding hydrogens is 278 g/mol. The van der Waals surface area contributed by atoms with Crippen LogP contribution in [-0.4, -0.2) is 49.2 Å². The molecule has 0 amide bonds. The maximum Gasteiger partial charge on any atom is 0.243 e. The van der Waals surface area contributed by atoms with E-state index in [0.717, 1.165) is 35.6 Å². The first-order chi connectivity index (χ1) is 9.59. The Kier molecular flexibility index (Phi) is 5.15. The number of rotatable bonds is 6. The van der Waals surface area contributed by atoms with Crippen LogP contribution in [0.3, 0.4) is 0 Å². The Balaban J connectivity index is 2.32. The first kappa shape index (κ1) is 15.4. The highest BCUT2D eigenvalue weighted by Crippen LogP contribution is 2.25. The Bertz CT molecular complexity index is 550. The van der Waals surface area contributed by atoms with E-state index in [1.54, 1.807) is 12.1 Å². The number of sulfonamides is 1. The Morgan fingerprint density at radius 3 is 2.20 bits per heavy atom. The van der Waals surface area contributed by atoms with E-state index in [1.165, 1.54) is 5.56 Å². The van der Waals surface area contributed by atoms with Crippen LogP contribution in [0.1, 0.15) is 24.0 Å². The number of hydrogen-bond acceptors (Lipinski definition) is 4. The van der Waals surface area contributed by atoms with Crippen LogP contribution in [0.4, 0.5) is 0 Å². The molecule has 0 heterocycles. The summed E-state index contributed by atoms with van der Waals surface area (Å²) < 4.78 is 26.1. The summed E-state index contributed by atoms with van der Waals surface area (Å²) >= 11 is 0. The molecule has 2 rings (SSSR count). The lowest BCUT2D eigenvalue weighted by Gasteiger charge is -2.22. The predicted molar refractivity (Wildman–Crippen MR) is 76.0 cm³/mol. The molecule has 0 radical (unpaired) electrons. The zero-order chi connectivity index (χ0) is 14.6. The summed E-state index contributed by atoms with van der Waals surface area (Å²) in [5, 5.41) is 18.0. The summed E-state index contributed by atoms with van der Waals surface area (Å²) in [6, 6.07) is 5.25. The molecule has 20 heavy (non-hydrogen) atoms. The molecule has 112 valence electrons. The van der Waals surface area contributed by atoms with Crippen LogP contribution in [0.2, 0.25) is 0 Å². The first-order valence-corrected chi connectivity index (χ1v) is 8.37. The lowest BCUT2D eigenvalue weighted by molar-refractivity contribution is 0.217. The zero-order valence-electron chi connectivity index (χ0n) is 11.5. The number of hydrogen-bond donors (Lipinski definition) is 2. The summed E-state index contributed by atoms with van der Waals surface area (Å²) in [6.07, 6.45) is 4.17. The van der Waals surface area contributed by atoms with Gasteiger partial charge in [0, 0.05) is 13.1 Å². The molecule has 0 aromatic heterocycles. The van der Waals surface area contributed by atoms with Gasteiger partial charge in [-0.3, -0.25) is 0 Å². The largest absolute Gasteiger partial charge is 0.395 e. The minimum Gasteiger partial charge on any atom is -0.395 e. The summed E-state index contributed by atoms with van der Waals surface area (Å²) in [5.74, 6) is 0. The van der Waals surface area contributed by atoms with Gasteiger partial charge in [0.05, 0.1) is 18.1 Å². The molecule has 2 N–H and O–H groups in total. The van der Waals surface area contributed by atoms with Crippen LogP contribution in [0.5, 0.6) is 0 Å². The van der Waals surface area contributed by atoms with Crippen LogP contribution in [0.15, 0.2) is 23.1 Å². The monoisotopic (exact) mass is 299 g/mol. The Morgan fingerprint density at radius 2 is 1.60 bits per heavy atom. The maximum absolute atomic E-state index is 12.5. The third-order valence-electron chi connectivity index (χ3n) is 3.66. The van der Waals surface area contributed by atoms with Crippen LogP contribution < -0.4 is 0 Å². The third kappa shape index (κ3) is 3.20. The molecule has 1 aliphatic carbocycles. The van der Waals surface area contributed by atoms with Gasteiger partial charge in [-0.15, -0.1) is 0 Å². The molecular formula is C14H21NO4S. The molecule has 6 heteroatoms. The third-order valence-corrected chi connectivity index (χ3v) is 5.55. The second kappa shape index (κ2) is 6.67. The summed E-state index contributed by atoms with van der Waals surface area (Å²) in [6.45, 7) is -0.520. The normalized spacial score (nSPS) is 15.3. The van der Waals surface area contributed by atoms with E-state index in [2.05, 4.69) is 0 Å². The summed E-state index contributed by atoms with van der Waals surface area (Å²) in [5.41, 5.74) is 2.33. The van der Waals surface area contributed by atoms with E-state index < -0.39 is 10.0 Å². The van der Waals surface area contributed by atoms with Crippen molar-refractivity contribution >= 4 is 10.0 Å². The number of benzene rings is 1. The van der Waals surface area contributed by atoms with Crippen LogP contribution >= 0.6 is 0 Å². The second-order valence-electron chi connectivity index (χ2n) is 4.99. The SMILES string of the molecule is O=S(=O)(c1ccc2c(c1)CCCC2)N(CCO)CCO. The fourth-order valence-electron chi connectivity index (χ4n) is 2.59. The molecule has 0 atom stereocenters. The lowest BCUT2D eigenvalue weighted by Crippen LogP contribution is -2.36. The smallest absolute Gasteiger partial charge is 0.243 e. The minimum atomic E-state index is -3.65. The molecule has 1 aliphatic rings. The molecule has 0 unspecified atom stereocenters. The van der Waals surface area contributed by atoms with Crippen molar-refractivity contribution in [3.63, 3.8) is 0 Å². The maximum atomic E-state index is 12.5. The molecule has 0 bridgehead atoms. The summed E-state index contributed by atoms with van der Waals surface area (Å²) in [7, 11) is -3.65. The lowest BCUT2D eigenvalue weighted by atomic mass is 9.92. The quantitative estimate of drug-likeness (QED) is 0.804. The van der Waals surface area contributed by atoms with E-state index in [9.17, 15) is 8.42 Å². The minimum absolute atomic E-state index is 0.0000217. The van der Waals surface area contributed by atoms with Gasteiger partial charge in [0.15, 0.2) is 0 Å². The zero-order valence-corrected chi connectivity index (χ0v) is 12.3. The number of nitrogens with zero attached hydrogens (tertiary/aromatic N) is 1. The van der Waals surface area contributed by atoms with Crippen LogP contribution in [0, 0.1) is 0 Å². The van der Waals surface area contributed by atoms with Crippen molar-refractivity contribution in [2.24, 2.45) is 0 Å². The van der Waals surface area contributed by atoms with Gasteiger partial charge in [0.1, 0.15) is 0 Å². The molecule has 0 aliphatic heterocycles. The molecule has 5 nitrogen and oxygen atoms in total. The number of aliphatic hydroxyl groups excluding tert-OH is 2.